The maximum Gasteiger partial charge on any atom is 0.214 e. The lowest BCUT2D eigenvalue weighted by atomic mass is 10.3. The van der Waals surface area contributed by atoms with E-state index in [-0.39, 0.29) is 5.82 Å². The number of thiazole rings is 1. The Labute approximate surface area is 113 Å². The van der Waals surface area contributed by atoms with E-state index >= 15 is 0 Å². The minimum absolute atomic E-state index is 0.275. The Kier molecular flexibility index (Phi) is 2.94. The second-order valence-corrected chi connectivity index (χ2v) is 5.26. The molecule has 19 heavy (non-hydrogen) atoms. The zero-order valence-electron chi connectivity index (χ0n) is 10.5. The van der Waals surface area contributed by atoms with Gasteiger partial charge >= 0.3 is 0 Å². The van der Waals surface area contributed by atoms with Gasteiger partial charge in [-0.25, -0.2) is 14.4 Å². The van der Waals surface area contributed by atoms with Crippen LogP contribution in [0, 0.1) is 19.7 Å². The summed E-state index contributed by atoms with van der Waals surface area (Å²) in [5.74, 6) is 1.17. The minimum Gasteiger partial charge on any atom is -0.444 e. The molecule has 0 unspecified atom stereocenters. The van der Waals surface area contributed by atoms with Crippen molar-refractivity contribution < 1.29 is 8.81 Å². The third-order valence-electron chi connectivity index (χ3n) is 2.81. The summed E-state index contributed by atoms with van der Waals surface area (Å²) >= 11 is 1.48. The van der Waals surface area contributed by atoms with Gasteiger partial charge in [-0.1, -0.05) is 11.3 Å². The Morgan fingerprint density at radius 2 is 2.16 bits per heavy atom. The number of nitrogens with one attached hydrogen (secondary N) is 1. The third-order valence-corrected chi connectivity index (χ3v) is 3.81. The Morgan fingerprint density at radius 3 is 2.89 bits per heavy atom. The lowest BCUT2D eigenvalue weighted by Crippen LogP contribution is -1.98. The summed E-state index contributed by atoms with van der Waals surface area (Å²) in [5.41, 5.74) is 1.55. The van der Waals surface area contributed by atoms with Crippen molar-refractivity contribution in [3.05, 3.63) is 41.4 Å². The number of hydrogen-bond donors (Lipinski definition) is 1. The van der Waals surface area contributed by atoms with Gasteiger partial charge in [0.1, 0.15) is 11.6 Å². The molecule has 0 bridgehead atoms. The summed E-state index contributed by atoms with van der Waals surface area (Å²) in [6.07, 6.45) is 0. The lowest BCUT2D eigenvalue weighted by Gasteiger charge is -1.96. The summed E-state index contributed by atoms with van der Waals surface area (Å²) in [4.78, 5) is 8.60. The molecule has 2 heterocycles. The molecule has 4 nitrogen and oxygen atoms in total. The zero-order chi connectivity index (χ0) is 13.4. The second-order valence-electron chi connectivity index (χ2n) is 4.23. The van der Waals surface area contributed by atoms with E-state index in [0.717, 1.165) is 21.3 Å². The Balaban J connectivity index is 1.78. The van der Waals surface area contributed by atoms with Crippen LogP contribution >= 0.6 is 11.3 Å². The summed E-state index contributed by atoms with van der Waals surface area (Å²) in [5, 5.41) is 3.87. The SMILES string of the molecule is Cc1nc(CNc2nc3cc(F)ccc3s2)oc1C. The number of rotatable bonds is 3. The molecule has 0 radical (unpaired) electrons. The Morgan fingerprint density at radius 1 is 1.32 bits per heavy atom. The van der Waals surface area contributed by atoms with Gasteiger partial charge in [0.25, 0.3) is 0 Å². The van der Waals surface area contributed by atoms with Crippen molar-refractivity contribution in [1.82, 2.24) is 9.97 Å². The average molecular weight is 277 g/mol. The van der Waals surface area contributed by atoms with Crippen molar-refractivity contribution in [2.24, 2.45) is 0 Å². The molecular weight excluding hydrogens is 265 g/mol. The van der Waals surface area contributed by atoms with Gasteiger partial charge in [0.2, 0.25) is 5.89 Å². The topological polar surface area (TPSA) is 51.0 Å². The molecule has 3 aromatic rings. The van der Waals surface area contributed by atoms with Crippen LogP contribution < -0.4 is 5.32 Å². The highest BCUT2D eigenvalue weighted by Crippen LogP contribution is 2.26. The molecule has 98 valence electrons. The molecule has 0 spiro atoms. The molecule has 0 aliphatic rings. The molecular formula is C13H12FN3OS. The minimum atomic E-state index is -0.275. The molecule has 0 atom stereocenters. The van der Waals surface area contributed by atoms with Gasteiger partial charge in [-0.2, -0.15) is 0 Å². The van der Waals surface area contributed by atoms with Gasteiger partial charge in [0, 0.05) is 6.07 Å². The van der Waals surface area contributed by atoms with Crippen LogP contribution in [0.4, 0.5) is 9.52 Å². The van der Waals surface area contributed by atoms with Crippen molar-refractivity contribution >= 4 is 26.7 Å². The van der Waals surface area contributed by atoms with Gasteiger partial charge in [0.15, 0.2) is 5.13 Å². The molecule has 6 heteroatoms. The van der Waals surface area contributed by atoms with Crippen LogP contribution in [0.3, 0.4) is 0 Å². The third kappa shape index (κ3) is 2.44. The number of aromatic nitrogens is 2. The van der Waals surface area contributed by atoms with E-state index in [2.05, 4.69) is 15.3 Å². The van der Waals surface area contributed by atoms with Crippen molar-refractivity contribution in [3.8, 4) is 0 Å². The normalized spacial score (nSPS) is 11.1. The molecule has 0 saturated heterocycles. The van der Waals surface area contributed by atoms with Crippen LogP contribution in [0.1, 0.15) is 17.3 Å². The maximum absolute atomic E-state index is 13.1. The van der Waals surface area contributed by atoms with E-state index in [4.69, 9.17) is 4.42 Å². The highest BCUT2D eigenvalue weighted by Gasteiger charge is 2.08. The van der Waals surface area contributed by atoms with Crippen LogP contribution in [0.15, 0.2) is 22.6 Å². The largest absolute Gasteiger partial charge is 0.444 e. The first kappa shape index (κ1) is 12.1. The molecule has 0 aliphatic heterocycles. The molecule has 1 N–H and O–H groups in total. The lowest BCUT2D eigenvalue weighted by molar-refractivity contribution is 0.478. The van der Waals surface area contributed by atoms with Gasteiger partial charge in [-0.05, 0) is 26.0 Å². The second kappa shape index (κ2) is 4.62. The van der Waals surface area contributed by atoms with Crippen molar-refractivity contribution in [2.45, 2.75) is 20.4 Å². The Hall–Kier alpha value is -1.95. The molecule has 0 fully saturated rings. The Bertz CT molecular complexity index is 715. The fraction of sp³-hybridized carbons (Fsp3) is 0.231. The molecule has 1 aromatic carbocycles. The van der Waals surface area contributed by atoms with Gasteiger partial charge < -0.3 is 9.73 Å². The number of oxazole rings is 1. The number of aryl methyl sites for hydroxylation is 2. The molecule has 0 amide bonds. The quantitative estimate of drug-likeness (QED) is 0.794. The van der Waals surface area contributed by atoms with Crippen molar-refractivity contribution in [3.63, 3.8) is 0 Å². The maximum atomic E-state index is 13.1. The highest BCUT2D eigenvalue weighted by atomic mass is 32.1. The number of anilines is 1. The van der Waals surface area contributed by atoms with Crippen LogP contribution in [0.5, 0.6) is 0 Å². The standard InChI is InChI=1S/C13H12FN3OS/c1-7-8(2)18-12(16-7)6-15-13-17-10-5-9(14)3-4-11(10)19-13/h3-5H,6H2,1-2H3,(H,15,17). The fourth-order valence-corrected chi connectivity index (χ4v) is 2.58. The first-order valence-electron chi connectivity index (χ1n) is 5.85. The number of fused-ring (bicyclic) bond motifs is 1. The summed E-state index contributed by atoms with van der Waals surface area (Å²) in [6.45, 7) is 4.26. The van der Waals surface area contributed by atoms with Crippen LogP contribution in [-0.2, 0) is 6.54 Å². The van der Waals surface area contributed by atoms with E-state index < -0.39 is 0 Å². The first-order valence-corrected chi connectivity index (χ1v) is 6.66. The first-order chi connectivity index (χ1) is 9.11. The number of halogens is 1. The van der Waals surface area contributed by atoms with E-state index in [1.165, 1.54) is 23.5 Å². The predicted molar refractivity (Wildman–Crippen MR) is 72.9 cm³/mol. The summed E-state index contributed by atoms with van der Waals surface area (Å²) in [6, 6.07) is 4.59. The molecule has 0 saturated carbocycles. The monoisotopic (exact) mass is 277 g/mol. The zero-order valence-corrected chi connectivity index (χ0v) is 11.3. The predicted octanol–water partition coefficient (Wildman–Crippen LogP) is 3.65. The highest BCUT2D eigenvalue weighted by molar-refractivity contribution is 7.22. The van der Waals surface area contributed by atoms with Gasteiger partial charge in [0.05, 0.1) is 22.5 Å². The summed E-state index contributed by atoms with van der Waals surface area (Å²) in [7, 11) is 0. The molecule has 2 aromatic heterocycles. The average Bonchev–Trinajstić information content (AvgIpc) is 2.90. The van der Waals surface area contributed by atoms with Gasteiger partial charge in [-0.3, -0.25) is 0 Å². The fourth-order valence-electron chi connectivity index (χ4n) is 1.74. The number of benzene rings is 1. The van der Waals surface area contributed by atoms with Crippen LogP contribution in [-0.4, -0.2) is 9.97 Å². The van der Waals surface area contributed by atoms with E-state index in [0.29, 0.717) is 18.0 Å². The van der Waals surface area contributed by atoms with Crippen LogP contribution in [0.25, 0.3) is 10.2 Å². The van der Waals surface area contributed by atoms with Crippen molar-refractivity contribution in [1.29, 1.82) is 0 Å². The number of hydrogen-bond acceptors (Lipinski definition) is 5. The van der Waals surface area contributed by atoms with E-state index in [1.54, 1.807) is 6.07 Å². The van der Waals surface area contributed by atoms with E-state index in [1.807, 2.05) is 13.8 Å². The van der Waals surface area contributed by atoms with Gasteiger partial charge in [-0.15, -0.1) is 0 Å². The number of nitrogens with zero attached hydrogens (tertiary/aromatic N) is 2. The van der Waals surface area contributed by atoms with Crippen molar-refractivity contribution in [2.75, 3.05) is 5.32 Å². The molecule has 0 aliphatic carbocycles. The van der Waals surface area contributed by atoms with E-state index in [9.17, 15) is 4.39 Å². The summed E-state index contributed by atoms with van der Waals surface area (Å²) < 4.78 is 19.5. The smallest absolute Gasteiger partial charge is 0.214 e. The van der Waals surface area contributed by atoms with Crippen LogP contribution in [0.2, 0.25) is 0 Å². The molecule has 3 rings (SSSR count).